The molecule has 94 valence electrons. The molecule has 3 rings (SSSR count). The monoisotopic (exact) mass is 291 g/mol. The molecule has 0 aliphatic heterocycles. The Labute approximate surface area is 118 Å². The maximum atomic E-state index is 6.16. The summed E-state index contributed by atoms with van der Waals surface area (Å²) in [6, 6.07) is 9.03. The first kappa shape index (κ1) is 12.1. The second-order valence-corrected chi connectivity index (χ2v) is 4.39. The Morgan fingerprint density at radius 2 is 1.68 bits per heavy atom. The smallest absolute Gasteiger partial charge is 0.220 e. The predicted molar refractivity (Wildman–Crippen MR) is 72.4 cm³/mol. The van der Waals surface area contributed by atoms with Crippen molar-refractivity contribution in [3.63, 3.8) is 0 Å². The van der Waals surface area contributed by atoms with Gasteiger partial charge in [0.15, 0.2) is 5.82 Å². The van der Waals surface area contributed by atoms with Crippen molar-refractivity contribution in [3.8, 4) is 17.3 Å². The van der Waals surface area contributed by atoms with Crippen molar-refractivity contribution in [2.24, 2.45) is 0 Å². The second kappa shape index (κ2) is 4.95. The standard InChI is InChI=1S/C12H7Cl2N5/c13-9-5-2-1-4-8(9)10-17-11(14)18-19(10)12-15-6-3-7-16-12/h1-7H. The number of rotatable bonds is 2. The highest BCUT2D eigenvalue weighted by Gasteiger charge is 2.16. The molecule has 0 aliphatic rings. The molecule has 1 aromatic carbocycles. The largest absolute Gasteiger partial charge is 0.252 e. The van der Waals surface area contributed by atoms with E-state index in [4.69, 9.17) is 23.2 Å². The second-order valence-electron chi connectivity index (χ2n) is 3.64. The van der Waals surface area contributed by atoms with Crippen molar-refractivity contribution in [2.45, 2.75) is 0 Å². The average molecular weight is 292 g/mol. The van der Waals surface area contributed by atoms with Crippen LogP contribution in [0.15, 0.2) is 42.7 Å². The van der Waals surface area contributed by atoms with Crippen molar-refractivity contribution >= 4 is 23.2 Å². The Kier molecular flexibility index (Phi) is 3.15. The van der Waals surface area contributed by atoms with Crippen LogP contribution in [0.3, 0.4) is 0 Å². The molecule has 5 nitrogen and oxygen atoms in total. The van der Waals surface area contributed by atoms with Crippen molar-refractivity contribution < 1.29 is 0 Å². The number of halogens is 2. The van der Waals surface area contributed by atoms with Gasteiger partial charge in [-0.05, 0) is 29.8 Å². The summed E-state index contributed by atoms with van der Waals surface area (Å²) in [6.07, 6.45) is 3.24. The third-order valence-electron chi connectivity index (χ3n) is 2.44. The van der Waals surface area contributed by atoms with Crippen LogP contribution in [0, 0.1) is 0 Å². The molecule has 0 unspecified atom stereocenters. The quantitative estimate of drug-likeness (QED) is 0.728. The number of benzene rings is 1. The van der Waals surface area contributed by atoms with Gasteiger partial charge in [0.2, 0.25) is 5.28 Å². The van der Waals surface area contributed by atoms with Gasteiger partial charge in [-0.3, -0.25) is 0 Å². The van der Waals surface area contributed by atoms with Gasteiger partial charge in [-0.15, -0.1) is 5.10 Å². The lowest BCUT2D eigenvalue weighted by Gasteiger charge is -2.04. The summed E-state index contributed by atoms with van der Waals surface area (Å²) in [6.45, 7) is 0. The fourth-order valence-electron chi connectivity index (χ4n) is 1.64. The topological polar surface area (TPSA) is 56.5 Å². The third kappa shape index (κ3) is 2.30. The van der Waals surface area contributed by atoms with Gasteiger partial charge in [-0.25, -0.2) is 9.97 Å². The van der Waals surface area contributed by atoms with Crippen molar-refractivity contribution in [1.82, 2.24) is 24.7 Å². The molecule has 3 aromatic rings. The predicted octanol–water partition coefficient (Wildman–Crippen LogP) is 3.03. The number of nitrogens with zero attached hydrogens (tertiary/aromatic N) is 5. The highest BCUT2D eigenvalue weighted by molar-refractivity contribution is 6.33. The summed E-state index contributed by atoms with van der Waals surface area (Å²) in [7, 11) is 0. The van der Waals surface area contributed by atoms with Gasteiger partial charge in [0.1, 0.15) is 0 Å². The Bertz CT molecular complexity index is 711. The Morgan fingerprint density at radius 3 is 2.42 bits per heavy atom. The summed E-state index contributed by atoms with van der Waals surface area (Å²) < 4.78 is 1.46. The van der Waals surface area contributed by atoms with Crippen LogP contribution in [-0.4, -0.2) is 24.7 Å². The van der Waals surface area contributed by atoms with E-state index in [1.54, 1.807) is 24.5 Å². The van der Waals surface area contributed by atoms with E-state index in [2.05, 4.69) is 20.1 Å². The maximum Gasteiger partial charge on any atom is 0.252 e. The maximum absolute atomic E-state index is 6.16. The molecule has 0 fully saturated rings. The van der Waals surface area contributed by atoms with Gasteiger partial charge in [-0.2, -0.15) is 9.67 Å². The van der Waals surface area contributed by atoms with Gasteiger partial charge < -0.3 is 0 Å². The first-order valence-electron chi connectivity index (χ1n) is 5.40. The van der Waals surface area contributed by atoms with E-state index in [9.17, 15) is 0 Å². The van der Waals surface area contributed by atoms with Crippen LogP contribution in [0.2, 0.25) is 10.3 Å². The molecule has 0 N–H and O–H groups in total. The Hall–Kier alpha value is -1.98. The van der Waals surface area contributed by atoms with E-state index < -0.39 is 0 Å². The molecule has 0 spiro atoms. The molecule has 0 amide bonds. The van der Waals surface area contributed by atoms with E-state index in [1.807, 2.05) is 18.2 Å². The van der Waals surface area contributed by atoms with E-state index in [0.717, 1.165) is 5.56 Å². The summed E-state index contributed by atoms with van der Waals surface area (Å²) in [4.78, 5) is 12.4. The van der Waals surface area contributed by atoms with Crippen LogP contribution < -0.4 is 0 Å². The minimum atomic E-state index is 0.113. The minimum absolute atomic E-state index is 0.113. The van der Waals surface area contributed by atoms with Gasteiger partial charge in [0.25, 0.3) is 5.95 Å². The zero-order valence-corrected chi connectivity index (χ0v) is 11.0. The van der Waals surface area contributed by atoms with Crippen molar-refractivity contribution in [1.29, 1.82) is 0 Å². The van der Waals surface area contributed by atoms with E-state index in [-0.39, 0.29) is 5.28 Å². The lowest BCUT2D eigenvalue weighted by molar-refractivity contribution is 0.814. The first-order valence-corrected chi connectivity index (χ1v) is 6.16. The van der Waals surface area contributed by atoms with Crippen LogP contribution in [0.5, 0.6) is 0 Å². The normalized spacial score (nSPS) is 10.6. The Balaban J connectivity index is 2.21. The van der Waals surface area contributed by atoms with Crippen molar-refractivity contribution in [3.05, 3.63) is 53.0 Å². The first-order chi connectivity index (χ1) is 9.25. The van der Waals surface area contributed by atoms with Crippen LogP contribution in [-0.2, 0) is 0 Å². The van der Waals surface area contributed by atoms with E-state index >= 15 is 0 Å². The molecule has 0 atom stereocenters. The molecule has 19 heavy (non-hydrogen) atoms. The van der Waals surface area contributed by atoms with Crippen LogP contribution in [0.25, 0.3) is 17.3 Å². The average Bonchev–Trinajstić information content (AvgIpc) is 2.82. The summed E-state index contributed by atoms with van der Waals surface area (Å²) >= 11 is 12.0. The molecule has 0 saturated heterocycles. The molecule has 0 bridgehead atoms. The van der Waals surface area contributed by atoms with Crippen LogP contribution >= 0.6 is 23.2 Å². The van der Waals surface area contributed by atoms with Gasteiger partial charge >= 0.3 is 0 Å². The fourth-order valence-corrected chi connectivity index (χ4v) is 2.02. The number of aromatic nitrogens is 5. The molecular weight excluding hydrogens is 285 g/mol. The van der Waals surface area contributed by atoms with Crippen LogP contribution in [0.4, 0.5) is 0 Å². The molecule has 0 aliphatic carbocycles. The van der Waals surface area contributed by atoms with Gasteiger partial charge in [0, 0.05) is 18.0 Å². The lowest BCUT2D eigenvalue weighted by atomic mass is 10.2. The van der Waals surface area contributed by atoms with Crippen molar-refractivity contribution in [2.75, 3.05) is 0 Å². The molecule has 0 radical (unpaired) electrons. The van der Waals surface area contributed by atoms with Gasteiger partial charge in [-0.1, -0.05) is 23.7 Å². The molecular formula is C12H7Cl2N5. The zero-order chi connectivity index (χ0) is 13.2. The summed E-state index contributed by atoms with van der Waals surface area (Å²) in [5.74, 6) is 0.888. The highest BCUT2D eigenvalue weighted by Crippen LogP contribution is 2.27. The lowest BCUT2D eigenvalue weighted by Crippen LogP contribution is -2.04. The fraction of sp³-hybridized carbons (Fsp3) is 0. The highest BCUT2D eigenvalue weighted by atomic mass is 35.5. The SMILES string of the molecule is Clc1nc(-c2ccccc2Cl)n(-c2ncccn2)n1. The number of hydrogen-bond donors (Lipinski definition) is 0. The third-order valence-corrected chi connectivity index (χ3v) is 2.93. The van der Waals surface area contributed by atoms with Crippen LogP contribution in [0.1, 0.15) is 0 Å². The molecule has 0 saturated carbocycles. The van der Waals surface area contributed by atoms with E-state index in [1.165, 1.54) is 4.68 Å². The summed E-state index contributed by atoms with van der Waals surface area (Å²) in [5.41, 5.74) is 0.719. The summed E-state index contributed by atoms with van der Waals surface area (Å²) in [5, 5.41) is 4.76. The molecule has 7 heteroatoms. The Morgan fingerprint density at radius 1 is 0.947 bits per heavy atom. The number of hydrogen-bond acceptors (Lipinski definition) is 4. The zero-order valence-electron chi connectivity index (χ0n) is 9.53. The molecule has 2 aromatic heterocycles. The van der Waals surface area contributed by atoms with E-state index in [0.29, 0.717) is 16.8 Å². The minimum Gasteiger partial charge on any atom is -0.220 e. The van der Waals surface area contributed by atoms with Gasteiger partial charge in [0.05, 0.1) is 5.02 Å². The molecule has 2 heterocycles.